The third kappa shape index (κ3) is 4.34. The van der Waals surface area contributed by atoms with Crippen molar-refractivity contribution in [1.29, 1.82) is 0 Å². The molecule has 0 aliphatic rings. The smallest absolute Gasteiger partial charge is 0.310 e. The molecule has 7 heteroatoms. The van der Waals surface area contributed by atoms with Crippen LogP contribution < -0.4 is 5.32 Å². The van der Waals surface area contributed by atoms with Crippen molar-refractivity contribution >= 4 is 40.1 Å². The number of para-hydroxylation sites is 1. The van der Waals surface area contributed by atoms with Crippen molar-refractivity contribution in [2.24, 2.45) is 0 Å². The Morgan fingerprint density at radius 1 is 1.15 bits per heavy atom. The summed E-state index contributed by atoms with van der Waals surface area (Å²) in [7, 11) is 0. The van der Waals surface area contributed by atoms with Crippen LogP contribution in [0.1, 0.15) is 5.56 Å². The molecule has 2 aromatic carbocycles. The van der Waals surface area contributed by atoms with Gasteiger partial charge in [0.05, 0.1) is 17.0 Å². The number of halogens is 2. The lowest BCUT2D eigenvalue weighted by Crippen LogP contribution is -2.21. The highest BCUT2D eigenvalue weighted by Crippen LogP contribution is 2.19. The number of benzene rings is 2. The van der Waals surface area contributed by atoms with Gasteiger partial charge in [0, 0.05) is 17.3 Å². The molecule has 3 aromatic rings. The fraction of sp³-hybridized carbons (Fsp3) is 0.105. The van der Waals surface area contributed by atoms with Crippen LogP contribution >= 0.6 is 11.6 Å². The van der Waals surface area contributed by atoms with Crippen LogP contribution in [0.3, 0.4) is 0 Å². The van der Waals surface area contributed by atoms with Gasteiger partial charge in [-0.05, 0) is 29.8 Å². The number of hydrogen-bond acceptors (Lipinski definition) is 4. The summed E-state index contributed by atoms with van der Waals surface area (Å²) in [6.45, 7) is -0.452. The van der Waals surface area contributed by atoms with E-state index in [0.29, 0.717) is 5.69 Å². The third-order valence-corrected chi connectivity index (χ3v) is 3.91. The maximum Gasteiger partial charge on any atom is 0.310 e. The van der Waals surface area contributed by atoms with Crippen LogP contribution in [0.4, 0.5) is 10.1 Å². The number of esters is 1. The van der Waals surface area contributed by atoms with Crippen LogP contribution in [-0.4, -0.2) is 23.5 Å². The van der Waals surface area contributed by atoms with Gasteiger partial charge in [-0.3, -0.25) is 14.6 Å². The van der Waals surface area contributed by atoms with Crippen LogP contribution in [0.2, 0.25) is 5.02 Å². The van der Waals surface area contributed by atoms with Gasteiger partial charge in [0.1, 0.15) is 5.82 Å². The molecule has 1 heterocycles. The second kappa shape index (κ2) is 7.93. The number of pyridine rings is 1. The van der Waals surface area contributed by atoms with Crippen molar-refractivity contribution in [3.8, 4) is 0 Å². The number of aromatic nitrogens is 1. The molecule has 1 N–H and O–H groups in total. The van der Waals surface area contributed by atoms with Gasteiger partial charge < -0.3 is 10.1 Å². The Morgan fingerprint density at radius 2 is 1.96 bits per heavy atom. The van der Waals surface area contributed by atoms with Gasteiger partial charge in [-0.1, -0.05) is 35.9 Å². The molecular formula is C19H14ClFN2O3. The lowest BCUT2D eigenvalue weighted by molar-refractivity contribution is -0.146. The monoisotopic (exact) mass is 372 g/mol. The molecule has 1 aromatic heterocycles. The van der Waals surface area contributed by atoms with E-state index in [1.165, 1.54) is 12.1 Å². The van der Waals surface area contributed by atoms with E-state index in [4.69, 9.17) is 16.3 Å². The molecule has 0 aliphatic heterocycles. The topological polar surface area (TPSA) is 68.3 Å². The number of carbonyl (C=O) groups is 2. The Balaban J connectivity index is 1.56. The largest absolute Gasteiger partial charge is 0.455 e. The van der Waals surface area contributed by atoms with E-state index in [-0.39, 0.29) is 11.4 Å². The number of ether oxygens (including phenoxy) is 1. The number of carbonyl (C=O) groups excluding carboxylic acids is 2. The Morgan fingerprint density at radius 3 is 2.77 bits per heavy atom. The van der Waals surface area contributed by atoms with Gasteiger partial charge in [-0.15, -0.1) is 0 Å². The maximum atomic E-state index is 13.1. The molecule has 0 fully saturated rings. The van der Waals surface area contributed by atoms with Crippen LogP contribution in [0.25, 0.3) is 10.9 Å². The lowest BCUT2D eigenvalue weighted by Gasteiger charge is -2.08. The van der Waals surface area contributed by atoms with E-state index in [1.807, 2.05) is 24.3 Å². The molecule has 132 valence electrons. The number of nitrogens with one attached hydrogen (secondary N) is 1. The minimum atomic E-state index is -0.584. The molecule has 0 bridgehead atoms. The van der Waals surface area contributed by atoms with Gasteiger partial charge in [0.2, 0.25) is 0 Å². The average Bonchev–Trinajstić information content (AvgIpc) is 2.63. The summed E-state index contributed by atoms with van der Waals surface area (Å²) < 4.78 is 18.1. The Bertz CT molecular complexity index is 973. The van der Waals surface area contributed by atoms with Crippen molar-refractivity contribution in [3.63, 3.8) is 0 Å². The fourth-order valence-electron chi connectivity index (χ4n) is 2.43. The first-order chi connectivity index (χ1) is 12.5. The first-order valence-corrected chi connectivity index (χ1v) is 8.14. The van der Waals surface area contributed by atoms with E-state index in [0.717, 1.165) is 22.5 Å². The van der Waals surface area contributed by atoms with Crippen molar-refractivity contribution in [2.75, 3.05) is 11.9 Å². The highest BCUT2D eigenvalue weighted by Gasteiger charge is 2.12. The van der Waals surface area contributed by atoms with Crippen LogP contribution in [0, 0.1) is 5.82 Å². The average molecular weight is 373 g/mol. The molecule has 0 radical (unpaired) electrons. The van der Waals surface area contributed by atoms with Gasteiger partial charge in [-0.25, -0.2) is 4.39 Å². The number of hydrogen-bond donors (Lipinski definition) is 1. The highest BCUT2D eigenvalue weighted by molar-refractivity contribution is 6.31. The molecule has 26 heavy (non-hydrogen) atoms. The van der Waals surface area contributed by atoms with E-state index >= 15 is 0 Å². The highest BCUT2D eigenvalue weighted by atomic mass is 35.5. The minimum absolute atomic E-state index is 0.00398. The molecule has 0 saturated heterocycles. The predicted octanol–water partition coefficient (Wildman–Crippen LogP) is 3.75. The summed E-state index contributed by atoms with van der Waals surface area (Å²) in [6.07, 6.45) is 1.66. The molecule has 0 spiro atoms. The second-order valence-electron chi connectivity index (χ2n) is 5.51. The quantitative estimate of drug-likeness (QED) is 0.692. The Labute approximate surface area is 153 Å². The Kier molecular flexibility index (Phi) is 5.43. The zero-order valence-electron chi connectivity index (χ0n) is 13.5. The molecule has 0 atom stereocenters. The van der Waals surface area contributed by atoms with E-state index in [9.17, 15) is 14.0 Å². The van der Waals surface area contributed by atoms with E-state index < -0.39 is 24.3 Å². The lowest BCUT2D eigenvalue weighted by atomic mass is 10.1. The van der Waals surface area contributed by atoms with Crippen LogP contribution in [-0.2, 0) is 20.7 Å². The van der Waals surface area contributed by atoms with E-state index in [2.05, 4.69) is 10.3 Å². The Hall–Kier alpha value is -2.99. The molecule has 0 unspecified atom stereocenters. The first kappa shape index (κ1) is 17.8. The summed E-state index contributed by atoms with van der Waals surface area (Å²) in [5.74, 6) is -1.67. The second-order valence-corrected chi connectivity index (χ2v) is 5.91. The molecule has 0 aliphatic carbocycles. The normalized spacial score (nSPS) is 10.5. The molecule has 0 saturated carbocycles. The molecule has 1 amide bonds. The molecule has 3 rings (SSSR count). The number of nitrogens with zero attached hydrogens (tertiary/aromatic N) is 1. The zero-order chi connectivity index (χ0) is 18.5. The predicted molar refractivity (Wildman–Crippen MR) is 96.4 cm³/mol. The van der Waals surface area contributed by atoms with Crippen molar-refractivity contribution in [2.45, 2.75) is 6.42 Å². The van der Waals surface area contributed by atoms with Gasteiger partial charge in [0.25, 0.3) is 5.91 Å². The molecule has 5 nitrogen and oxygen atoms in total. The fourth-order valence-corrected chi connectivity index (χ4v) is 2.61. The SMILES string of the molecule is O=C(COC(=O)Cc1cccc2cccnc12)Nc1ccc(F)c(Cl)c1. The number of rotatable bonds is 5. The summed E-state index contributed by atoms with van der Waals surface area (Å²) in [5.41, 5.74) is 1.76. The third-order valence-electron chi connectivity index (χ3n) is 3.62. The van der Waals surface area contributed by atoms with Crippen molar-refractivity contribution in [3.05, 3.63) is 71.1 Å². The summed E-state index contributed by atoms with van der Waals surface area (Å²) >= 11 is 5.65. The first-order valence-electron chi connectivity index (χ1n) is 7.76. The van der Waals surface area contributed by atoms with Crippen molar-refractivity contribution in [1.82, 2.24) is 4.98 Å². The minimum Gasteiger partial charge on any atom is -0.455 e. The number of fused-ring (bicyclic) bond motifs is 1. The summed E-state index contributed by atoms with van der Waals surface area (Å²) in [6, 6.07) is 13.0. The van der Waals surface area contributed by atoms with Gasteiger partial charge >= 0.3 is 5.97 Å². The van der Waals surface area contributed by atoms with Gasteiger partial charge in [0.15, 0.2) is 6.61 Å². The standard InChI is InChI=1S/C19H14ClFN2O3/c20-15-10-14(6-7-16(15)21)23-17(24)11-26-18(25)9-13-4-1-3-12-5-2-8-22-19(12)13/h1-8,10H,9,11H2,(H,23,24). The summed E-state index contributed by atoms with van der Waals surface area (Å²) in [5, 5.41) is 3.29. The number of anilines is 1. The van der Waals surface area contributed by atoms with E-state index in [1.54, 1.807) is 12.3 Å². The maximum absolute atomic E-state index is 13.1. The zero-order valence-corrected chi connectivity index (χ0v) is 14.3. The van der Waals surface area contributed by atoms with Gasteiger partial charge in [-0.2, -0.15) is 0 Å². The number of amides is 1. The van der Waals surface area contributed by atoms with Crippen LogP contribution in [0.5, 0.6) is 0 Å². The summed E-state index contributed by atoms with van der Waals surface area (Å²) in [4.78, 5) is 28.1. The molecular weight excluding hydrogens is 359 g/mol. The van der Waals surface area contributed by atoms with Crippen molar-refractivity contribution < 1.29 is 18.7 Å². The van der Waals surface area contributed by atoms with Crippen LogP contribution in [0.15, 0.2) is 54.7 Å².